The average Bonchev–Trinajstić information content (AvgIpc) is 3.37. The zero-order chi connectivity index (χ0) is 21.1. The third-order valence-electron chi connectivity index (χ3n) is 5.84. The van der Waals surface area contributed by atoms with Crippen molar-refractivity contribution in [1.82, 2.24) is 9.80 Å². The van der Waals surface area contributed by atoms with E-state index in [0.29, 0.717) is 12.1 Å². The number of amides is 1. The van der Waals surface area contributed by atoms with Crippen molar-refractivity contribution in [3.63, 3.8) is 0 Å². The van der Waals surface area contributed by atoms with Gasteiger partial charge in [-0.3, -0.25) is 19.3 Å². The third-order valence-corrected chi connectivity index (χ3v) is 6.78. The van der Waals surface area contributed by atoms with E-state index < -0.39 is 23.7 Å². The second-order valence-corrected chi connectivity index (χ2v) is 8.82. The molecule has 6 nitrogen and oxygen atoms in total. The van der Waals surface area contributed by atoms with E-state index in [-0.39, 0.29) is 5.78 Å². The second-order valence-electron chi connectivity index (χ2n) is 7.84. The number of hydrogen-bond acceptors (Lipinski definition) is 6. The van der Waals surface area contributed by atoms with Crippen LogP contribution in [0.5, 0.6) is 0 Å². The number of morpholine rings is 1. The van der Waals surface area contributed by atoms with Crippen LogP contribution in [0.3, 0.4) is 0 Å². The average molecular weight is 427 g/mol. The summed E-state index contributed by atoms with van der Waals surface area (Å²) in [6.07, 6.45) is 0.756. The molecule has 2 aliphatic rings. The summed E-state index contributed by atoms with van der Waals surface area (Å²) in [5, 5.41) is 1.92. The Labute approximate surface area is 180 Å². The molecule has 0 spiro atoms. The number of Topliss-reactive ketones (excluding diaryl/α,β-unsaturated/α-hetero) is 2. The first-order valence-electron chi connectivity index (χ1n) is 10.4. The highest BCUT2D eigenvalue weighted by atomic mass is 32.1. The van der Waals surface area contributed by atoms with E-state index in [9.17, 15) is 14.4 Å². The molecule has 0 radical (unpaired) electrons. The molecule has 1 amide bonds. The predicted molar refractivity (Wildman–Crippen MR) is 115 cm³/mol. The SMILES string of the molecule is Cc1ccc(C(=O)C2C(=O)C(=O)N(CCCN3CCOCC3)C2c2cccs2)cc1. The molecule has 30 heavy (non-hydrogen) atoms. The molecule has 0 N–H and O–H groups in total. The number of ether oxygens (including phenoxy) is 1. The van der Waals surface area contributed by atoms with Gasteiger partial charge in [0.25, 0.3) is 5.91 Å². The highest BCUT2D eigenvalue weighted by Gasteiger charge is 2.51. The Bertz CT molecular complexity index is 904. The molecule has 3 heterocycles. The lowest BCUT2D eigenvalue weighted by atomic mass is 9.89. The van der Waals surface area contributed by atoms with Gasteiger partial charge in [0.2, 0.25) is 5.78 Å². The molecular formula is C23H26N2O4S. The molecule has 0 aliphatic carbocycles. The largest absolute Gasteiger partial charge is 0.379 e. The van der Waals surface area contributed by atoms with Crippen molar-refractivity contribution in [3.8, 4) is 0 Å². The number of thiophene rings is 1. The number of carbonyl (C=O) groups excluding carboxylic acids is 3. The Kier molecular flexibility index (Phi) is 6.41. The van der Waals surface area contributed by atoms with Gasteiger partial charge < -0.3 is 9.64 Å². The summed E-state index contributed by atoms with van der Waals surface area (Å²) in [6.45, 7) is 6.48. The quantitative estimate of drug-likeness (QED) is 0.387. The Hall–Kier alpha value is -2.35. The maximum atomic E-state index is 13.3. The van der Waals surface area contributed by atoms with Crippen LogP contribution in [0.15, 0.2) is 41.8 Å². The van der Waals surface area contributed by atoms with E-state index in [0.717, 1.165) is 49.7 Å². The summed E-state index contributed by atoms with van der Waals surface area (Å²) in [6, 6.07) is 10.5. The molecule has 4 rings (SSSR count). The van der Waals surface area contributed by atoms with Crippen LogP contribution in [0, 0.1) is 12.8 Å². The van der Waals surface area contributed by atoms with E-state index in [2.05, 4.69) is 4.90 Å². The fourth-order valence-electron chi connectivity index (χ4n) is 4.19. The van der Waals surface area contributed by atoms with Crippen molar-refractivity contribution in [1.29, 1.82) is 0 Å². The van der Waals surface area contributed by atoms with Crippen LogP contribution >= 0.6 is 11.3 Å². The van der Waals surface area contributed by atoms with Gasteiger partial charge in [0.1, 0.15) is 5.92 Å². The number of hydrogen-bond donors (Lipinski definition) is 0. The first-order chi connectivity index (χ1) is 14.6. The molecular weight excluding hydrogens is 400 g/mol. The molecule has 0 saturated carbocycles. The first kappa shape index (κ1) is 20.9. The first-order valence-corrected chi connectivity index (χ1v) is 11.2. The summed E-state index contributed by atoms with van der Waals surface area (Å²) >= 11 is 1.48. The summed E-state index contributed by atoms with van der Waals surface area (Å²) in [4.78, 5) is 43.9. The van der Waals surface area contributed by atoms with Crippen LogP contribution in [0.25, 0.3) is 0 Å². The lowest BCUT2D eigenvalue weighted by Crippen LogP contribution is -2.39. The Morgan fingerprint density at radius 3 is 2.50 bits per heavy atom. The number of aryl methyl sites for hydroxylation is 1. The smallest absolute Gasteiger partial charge is 0.291 e. The topological polar surface area (TPSA) is 66.9 Å². The Morgan fingerprint density at radius 2 is 1.83 bits per heavy atom. The zero-order valence-electron chi connectivity index (χ0n) is 17.1. The van der Waals surface area contributed by atoms with Gasteiger partial charge in [0.15, 0.2) is 5.78 Å². The van der Waals surface area contributed by atoms with Crippen molar-refractivity contribution < 1.29 is 19.1 Å². The van der Waals surface area contributed by atoms with Crippen LogP contribution in [0.2, 0.25) is 0 Å². The van der Waals surface area contributed by atoms with Gasteiger partial charge in [-0.25, -0.2) is 0 Å². The number of carbonyl (C=O) groups is 3. The molecule has 7 heteroatoms. The number of rotatable bonds is 7. The van der Waals surface area contributed by atoms with Gasteiger partial charge in [0.05, 0.1) is 19.3 Å². The summed E-state index contributed by atoms with van der Waals surface area (Å²) in [5.41, 5.74) is 1.52. The normalized spacial score (nSPS) is 22.6. The zero-order valence-corrected chi connectivity index (χ0v) is 17.9. The van der Waals surface area contributed by atoms with Crippen molar-refractivity contribution in [2.24, 2.45) is 5.92 Å². The number of likely N-dealkylation sites (tertiary alicyclic amines) is 1. The summed E-state index contributed by atoms with van der Waals surface area (Å²) in [7, 11) is 0. The van der Waals surface area contributed by atoms with E-state index >= 15 is 0 Å². The molecule has 2 unspecified atom stereocenters. The van der Waals surface area contributed by atoms with Gasteiger partial charge in [-0.05, 0) is 24.8 Å². The lowest BCUT2D eigenvalue weighted by molar-refractivity contribution is -0.140. The van der Waals surface area contributed by atoms with Gasteiger partial charge in [-0.1, -0.05) is 35.9 Å². The van der Waals surface area contributed by atoms with Gasteiger partial charge in [-0.2, -0.15) is 0 Å². The summed E-state index contributed by atoms with van der Waals surface area (Å²) < 4.78 is 5.38. The molecule has 2 aliphatic heterocycles. The minimum Gasteiger partial charge on any atom is -0.379 e. The highest BCUT2D eigenvalue weighted by molar-refractivity contribution is 7.10. The standard InChI is InChI=1S/C23H26N2O4S/c1-16-5-7-17(8-6-16)21(26)19-20(18-4-2-15-30-18)25(23(28)22(19)27)10-3-9-24-11-13-29-14-12-24/h2,4-8,15,19-20H,3,9-14H2,1H3. The monoisotopic (exact) mass is 426 g/mol. The van der Waals surface area contributed by atoms with Crippen molar-refractivity contribution in [2.75, 3.05) is 39.4 Å². The van der Waals surface area contributed by atoms with Crippen molar-refractivity contribution >= 4 is 28.8 Å². The molecule has 2 atom stereocenters. The van der Waals surface area contributed by atoms with Gasteiger partial charge >= 0.3 is 0 Å². The minimum absolute atomic E-state index is 0.276. The second kappa shape index (κ2) is 9.20. The van der Waals surface area contributed by atoms with E-state index in [1.807, 2.05) is 36.6 Å². The summed E-state index contributed by atoms with van der Waals surface area (Å²) in [5.74, 6) is -2.39. The van der Waals surface area contributed by atoms with Crippen LogP contribution in [0.1, 0.15) is 33.3 Å². The van der Waals surface area contributed by atoms with Crippen LogP contribution in [-0.2, 0) is 14.3 Å². The van der Waals surface area contributed by atoms with Gasteiger partial charge in [-0.15, -0.1) is 11.3 Å². The molecule has 2 fully saturated rings. The number of ketones is 2. The Morgan fingerprint density at radius 1 is 1.10 bits per heavy atom. The van der Waals surface area contributed by atoms with Crippen LogP contribution in [0.4, 0.5) is 0 Å². The van der Waals surface area contributed by atoms with E-state index in [4.69, 9.17) is 4.74 Å². The number of nitrogens with zero attached hydrogens (tertiary/aromatic N) is 2. The van der Waals surface area contributed by atoms with Gasteiger partial charge in [0, 0.05) is 36.6 Å². The molecule has 2 saturated heterocycles. The highest BCUT2D eigenvalue weighted by Crippen LogP contribution is 2.40. The van der Waals surface area contributed by atoms with Crippen LogP contribution < -0.4 is 0 Å². The maximum absolute atomic E-state index is 13.3. The maximum Gasteiger partial charge on any atom is 0.291 e. The molecule has 0 bridgehead atoms. The van der Waals surface area contributed by atoms with E-state index in [1.54, 1.807) is 17.0 Å². The fourth-order valence-corrected chi connectivity index (χ4v) is 5.07. The molecule has 1 aromatic carbocycles. The lowest BCUT2D eigenvalue weighted by Gasteiger charge is -2.29. The molecule has 158 valence electrons. The van der Waals surface area contributed by atoms with E-state index in [1.165, 1.54) is 11.3 Å². The van der Waals surface area contributed by atoms with Crippen molar-refractivity contribution in [3.05, 3.63) is 57.8 Å². The number of benzene rings is 1. The van der Waals surface area contributed by atoms with Crippen molar-refractivity contribution in [2.45, 2.75) is 19.4 Å². The molecule has 2 aromatic rings. The molecule has 1 aromatic heterocycles. The predicted octanol–water partition coefficient (Wildman–Crippen LogP) is 2.73. The third kappa shape index (κ3) is 4.24. The fraction of sp³-hybridized carbons (Fsp3) is 0.435. The Balaban J connectivity index is 1.55. The van der Waals surface area contributed by atoms with Crippen LogP contribution in [-0.4, -0.2) is 66.7 Å². The minimum atomic E-state index is -0.984.